The number of aliphatic hydroxyl groups is 1. The molecule has 0 bridgehead atoms. The fourth-order valence-electron chi connectivity index (χ4n) is 3.91. The third kappa shape index (κ3) is 3.50. The van der Waals surface area contributed by atoms with Gasteiger partial charge in [-0.2, -0.15) is 0 Å². The number of hydrogen-bond acceptors (Lipinski definition) is 6. The van der Waals surface area contributed by atoms with Crippen molar-refractivity contribution in [2.75, 3.05) is 13.9 Å². The van der Waals surface area contributed by atoms with Crippen molar-refractivity contribution in [3.63, 3.8) is 0 Å². The number of benzene rings is 2. The Bertz CT molecular complexity index is 997. The molecule has 2 aliphatic heterocycles. The number of methoxy groups -OCH3 is 1. The highest BCUT2D eigenvalue weighted by atomic mass is 35.5. The summed E-state index contributed by atoms with van der Waals surface area (Å²) in [5.41, 5.74) is 0.0975. The van der Waals surface area contributed by atoms with E-state index in [0.29, 0.717) is 16.5 Å². The minimum atomic E-state index is -1.46. The van der Waals surface area contributed by atoms with E-state index in [0.717, 1.165) is 16.9 Å². The smallest absolute Gasteiger partial charge is 0.317 e. The highest BCUT2D eigenvalue weighted by molar-refractivity contribution is 6.32. The zero-order chi connectivity index (χ0) is 21.5. The Morgan fingerprint density at radius 2 is 2.00 bits per heavy atom. The maximum Gasteiger partial charge on any atom is 0.317 e. The summed E-state index contributed by atoms with van der Waals surface area (Å²) in [6, 6.07) is 10.8. The van der Waals surface area contributed by atoms with Crippen molar-refractivity contribution in [1.82, 2.24) is 0 Å². The van der Waals surface area contributed by atoms with Crippen LogP contribution in [-0.2, 0) is 16.0 Å². The van der Waals surface area contributed by atoms with Crippen LogP contribution in [0.25, 0.3) is 6.08 Å². The second-order valence-corrected chi connectivity index (χ2v) is 8.16. The van der Waals surface area contributed by atoms with E-state index in [-0.39, 0.29) is 24.9 Å². The zero-order valence-electron chi connectivity index (χ0n) is 17.0. The predicted octanol–water partition coefficient (Wildman–Crippen LogP) is 4.22. The van der Waals surface area contributed by atoms with Gasteiger partial charge in [-0.3, -0.25) is 4.79 Å². The van der Waals surface area contributed by atoms with Gasteiger partial charge in [0.2, 0.25) is 6.79 Å². The summed E-state index contributed by atoms with van der Waals surface area (Å²) < 4.78 is 21.5. The normalized spacial score (nSPS) is 23.9. The molecule has 0 saturated carbocycles. The van der Waals surface area contributed by atoms with Gasteiger partial charge in [0.1, 0.15) is 17.1 Å². The van der Waals surface area contributed by atoms with Crippen LogP contribution in [0.1, 0.15) is 25.0 Å². The summed E-state index contributed by atoms with van der Waals surface area (Å²) in [4.78, 5) is 12.8. The highest BCUT2D eigenvalue weighted by Gasteiger charge is 2.55. The minimum absolute atomic E-state index is 0.106. The average Bonchev–Trinajstić information content (AvgIpc) is 3.28. The zero-order valence-corrected chi connectivity index (χ0v) is 17.7. The third-order valence-electron chi connectivity index (χ3n) is 5.64. The van der Waals surface area contributed by atoms with Crippen LogP contribution in [0.3, 0.4) is 0 Å². The molecule has 158 valence electrons. The lowest BCUT2D eigenvalue weighted by Gasteiger charge is -2.31. The molecule has 2 aromatic carbocycles. The molecule has 1 saturated heterocycles. The van der Waals surface area contributed by atoms with Crippen LogP contribution in [0.5, 0.6) is 17.2 Å². The SMILES string of the molecule is COc1ccc(/C=C2\OC(=O)[C@H](Cc3cc(Cl)c4c(c3)OCO4)[C@@]2(O)C(C)C)cc1. The summed E-state index contributed by atoms with van der Waals surface area (Å²) >= 11 is 6.29. The lowest BCUT2D eigenvalue weighted by atomic mass is 9.75. The third-order valence-corrected chi connectivity index (χ3v) is 5.92. The quantitative estimate of drug-likeness (QED) is 0.716. The molecule has 2 atom stereocenters. The largest absolute Gasteiger partial charge is 0.497 e. The van der Waals surface area contributed by atoms with E-state index in [9.17, 15) is 9.90 Å². The lowest BCUT2D eigenvalue weighted by molar-refractivity contribution is -0.140. The van der Waals surface area contributed by atoms with E-state index in [4.69, 9.17) is 30.5 Å². The summed E-state index contributed by atoms with van der Waals surface area (Å²) in [6.07, 6.45) is 1.95. The Kier molecular flexibility index (Phi) is 5.38. The van der Waals surface area contributed by atoms with Crippen molar-refractivity contribution >= 4 is 23.6 Å². The topological polar surface area (TPSA) is 74.2 Å². The lowest BCUT2D eigenvalue weighted by Crippen LogP contribution is -2.43. The van der Waals surface area contributed by atoms with Crippen molar-refractivity contribution in [2.24, 2.45) is 11.8 Å². The van der Waals surface area contributed by atoms with Crippen LogP contribution in [0.2, 0.25) is 5.02 Å². The first-order valence-electron chi connectivity index (χ1n) is 9.71. The Labute approximate surface area is 180 Å². The number of cyclic esters (lactones) is 1. The number of fused-ring (bicyclic) bond motifs is 1. The van der Waals surface area contributed by atoms with Gasteiger partial charge in [-0.05, 0) is 53.8 Å². The Morgan fingerprint density at radius 3 is 2.67 bits per heavy atom. The first kappa shape index (κ1) is 20.6. The molecular formula is C23H23ClO6. The summed E-state index contributed by atoms with van der Waals surface area (Å²) in [5.74, 6) is 0.474. The van der Waals surface area contributed by atoms with Crippen molar-refractivity contribution in [2.45, 2.75) is 25.9 Å². The monoisotopic (exact) mass is 430 g/mol. The number of halogens is 1. The molecule has 1 N–H and O–H groups in total. The Morgan fingerprint density at radius 1 is 1.27 bits per heavy atom. The molecule has 7 heteroatoms. The van der Waals surface area contributed by atoms with Crippen molar-refractivity contribution < 1.29 is 28.8 Å². The van der Waals surface area contributed by atoms with Crippen LogP contribution in [0.4, 0.5) is 0 Å². The maximum absolute atomic E-state index is 12.8. The molecular weight excluding hydrogens is 408 g/mol. The average molecular weight is 431 g/mol. The molecule has 0 unspecified atom stereocenters. The van der Waals surface area contributed by atoms with Crippen molar-refractivity contribution in [1.29, 1.82) is 0 Å². The molecule has 0 aliphatic carbocycles. The second kappa shape index (κ2) is 7.85. The van der Waals surface area contributed by atoms with Crippen molar-refractivity contribution in [3.05, 3.63) is 58.3 Å². The second-order valence-electron chi connectivity index (χ2n) is 7.75. The van der Waals surface area contributed by atoms with E-state index in [1.54, 1.807) is 25.3 Å². The van der Waals surface area contributed by atoms with Crippen LogP contribution in [0, 0.1) is 11.8 Å². The fraction of sp³-hybridized carbons (Fsp3) is 0.348. The van der Waals surface area contributed by atoms with Gasteiger partial charge in [0.15, 0.2) is 11.5 Å². The van der Waals surface area contributed by atoms with Gasteiger partial charge in [0, 0.05) is 0 Å². The fourth-order valence-corrected chi connectivity index (χ4v) is 4.20. The standard InChI is InChI=1S/C23H23ClO6/c1-13(2)23(26)17(8-15-9-18(24)21-19(10-15)28-12-29-21)22(25)30-20(23)11-14-4-6-16(27-3)7-5-14/h4-7,9-11,13,17,26H,8,12H2,1-3H3/b20-11-/t17-,23-/m0/s1. The Balaban J connectivity index is 1.67. The van der Waals surface area contributed by atoms with Crippen LogP contribution in [0.15, 0.2) is 42.2 Å². The Hall–Kier alpha value is -2.70. The molecule has 0 amide bonds. The molecule has 0 aromatic heterocycles. The van der Waals surface area contributed by atoms with Gasteiger partial charge in [-0.15, -0.1) is 0 Å². The first-order chi connectivity index (χ1) is 14.3. The molecule has 1 fully saturated rings. The predicted molar refractivity (Wildman–Crippen MR) is 112 cm³/mol. The van der Waals surface area contributed by atoms with E-state index >= 15 is 0 Å². The van der Waals surface area contributed by atoms with E-state index in [1.165, 1.54) is 0 Å². The van der Waals surface area contributed by atoms with Gasteiger partial charge in [0.05, 0.1) is 18.1 Å². The van der Waals surface area contributed by atoms with Gasteiger partial charge in [0.25, 0.3) is 0 Å². The molecule has 2 heterocycles. The van der Waals surface area contributed by atoms with E-state index in [1.807, 2.05) is 38.1 Å². The van der Waals surface area contributed by atoms with Gasteiger partial charge in [-0.1, -0.05) is 37.6 Å². The minimum Gasteiger partial charge on any atom is -0.497 e. The number of carbonyl (C=O) groups is 1. The number of rotatable bonds is 5. The summed E-state index contributed by atoms with van der Waals surface area (Å²) in [7, 11) is 1.59. The number of hydrogen-bond donors (Lipinski definition) is 1. The number of carbonyl (C=O) groups excluding carboxylic acids is 1. The molecule has 30 heavy (non-hydrogen) atoms. The summed E-state index contributed by atoms with van der Waals surface area (Å²) in [5, 5.41) is 12.0. The maximum atomic E-state index is 12.8. The van der Waals surface area contributed by atoms with Gasteiger partial charge >= 0.3 is 5.97 Å². The molecule has 2 aromatic rings. The van der Waals surface area contributed by atoms with E-state index in [2.05, 4.69) is 0 Å². The molecule has 4 rings (SSSR count). The van der Waals surface area contributed by atoms with Crippen LogP contribution < -0.4 is 14.2 Å². The number of ether oxygens (including phenoxy) is 4. The highest BCUT2D eigenvalue weighted by Crippen LogP contribution is 2.46. The van der Waals surface area contributed by atoms with Gasteiger partial charge < -0.3 is 24.1 Å². The molecule has 0 radical (unpaired) electrons. The van der Waals surface area contributed by atoms with Crippen LogP contribution in [-0.4, -0.2) is 30.6 Å². The van der Waals surface area contributed by atoms with E-state index < -0.39 is 17.5 Å². The molecule has 6 nitrogen and oxygen atoms in total. The van der Waals surface area contributed by atoms with Crippen molar-refractivity contribution in [3.8, 4) is 17.2 Å². The van der Waals surface area contributed by atoms with Crippen LogP contribution >= 0.6 is 11.6 Å². The summed E-state index contributed by atoms with van der Waals surface area (Å²) in [6.45, 7) is 3.83. The molecule has 2 aliphatic rings. The molecule has 0 spiro atoms. The van der Waals surface area contributed by atoms with Gasteiger partial charge in [-0.25, -0.2) is 0 Å². The number of esters is 1. The first-order valence-corrected chi connectivity index (χ1v) is 10.1.